The third kappa shape index (κ3) is 1.85. The zero-order valence-corrected chi connectivity index (χ0v) is 8.01. The summed E-state index contributed by atoms with van der Waals surface area (Å²) in [6.07, 6.45) is 3.27. The van der Waals surface area contributed by atoms with Gasteiger partial charge in [0.2, 0.25) is 0 Å². The van der Waals surface area contributed by atoms with Crippen LogP contribution in [0.5, 0.6) is 0 Å². The van der Waals surface area contributed by atoms with Crippen molar-refractivity contribution in [3.63, 3.8) is 0 Å². The lowest BCUT2D eigenvalue weighted by Gasteiger charge is -1.91. The van der Waals surface area contributed by atoms with Crippen LogP contribution in [0.3, 0.4) is 0 Å². The molecule has 5 nitrogen and oxygen atoms in total. The van der Waals surface area contributed by atoms with Gasteiger partial charge in [-0.2, -0.15) is 0 Å². The van der Waals surface area contributed by atoms with E-state index in [4.69, 9.17) is 4.52 Å². The number of esters is 1. The summed E-state index contributed by atoms with van der Waals surface area (Å²) in [6.45, 7) is 0. The van der Waals surface area contributed by atoms with E-state index >= 15 is 0 Å². The molecule has 0 aliphatic carbocycles. The number of aromatic nitrogens is 2. The minimum Gasteiger partial charge on any atom is -0.464 e. The molecule has 0 amide bonds. The lowest BCUT2D eigenvalue weighted by molar-refractivity contribution is 0.0589. The van der Waals surface area contributed by atoms with Gasteiger partial charge in [-0.3, -0.25) is 4.98 Å². The summed E-state index contributed by atoms with van der Waals surface area (Å²) in [5, 5.41) is 3.59. The molecular formula is C10H8N2O3. The van der Waals surface area contributed by atoms with Crippen molar-refractivity contribution in [3.8, 4) is 11.3 Å². The van der Waals surface area contributed by atoms with Crippen LogP contribution in [0.25, 0.3) is 11.3 Å². The highest BCUT2D eigenvalue weighted by Gasteiger charge is 2.13. The van der Waals surface area contributed by atoms with Crippen molar-refractivity contribution in [2.24, 2.45) is 0 Å². The number of nitrogens with zero attached hydrogens (tertiary/aromatic N) is 2. The van der Waals surface area contributed by atoms with E-state index in [1.54, 1.807) is 24.5 Å². The molecule has 0 bridgehead atoms. The van der Waals surface area contributed by atoms with E-state index < -0.39 is 5.97 Å². The molecule has 0 radical (unpaired) electrons. The predicted octanol–water partition coefficient (Wildman–Crippen LogP) is 1.52. The normalized spacial score (nSPS) is 9.93. The van der Waals surface area contributed by atoms with Gasteiger partial charge in [-0.15, -0.1) is 0 Å². The molecule has 0 N–H and O–H groups in total. The maximum Gasteiger partial charge on any atom is 0.360 e. The van der Waals surface area contributed by atoms with E-state index in [0.29, 0.717) is 5.76 Å². The molecule has 0 unspecified atom stereocenters. The third-order valence-electron chi connectivity index (χ3n) is 1.87. The number of rotatable bonds is 2. The molecule has 2 aromatic rings. The van der Waals surface area contributed by atoms with Gasteiger partial charge in [-0.1, -0.05) is 5.16 Å². The van der Waals surface area contributed by atoms with Crippen LogP contribution in [0.15, 0.2) is 35.1 Å². The van der Waals surface area contributed by atoms with Gasteiger partial charge in [0.1, 0.15) is 0 Å². The number of carbonyl (C=O) groups is 1. The summed E-state index contributed by atoms with van der Waals surface area (Å²) in [5.74, 6) is -0.00291. The summed E-state index contributed by atoms with van der Waals surface area (Å²) in [7, 11) is 1.29. The Kier molecular flexibility index (Phi) is 2.45. The van der Waals surface area contributed by atoms with Gasteiger partial charge in [0, 0.05) is 24.0 Å². The Balaban J connectivity index is 2.32. The number of hydrogen-bond acceptors (Lipinski definition) is 5. The highest BCUT2D eigenvalue weighted by Crippen LogP contribution is 2.19. The van der Waals surface area contributed by atoms with Crippen molar-refractivity contribution >= 4 is 5.97 Å². The Morgan fingerprint density at radius 2 is 2.13 bits per heavy atom. The Bertz CT molecular complexity index is 465. The monoisotopic (exact) mass is 204 g/mol. The largest absolute Gasteiger partial charge is 0.464 e. The first-order chi connectivity index (χ1) is 7.31. The molecule has 0 saturated carbocycles. The Hall–Kier alpha value is -2.17. The molecule has 0 aromatic carbocycles. The van der Waals surface area contributed by atoms with E-state index in [-0.39, 0.29) is 5.69 Å². The first-order valence-electron chi connectivity index (χ1n) is 4.26. The summed E-state index contributed by atoms with van der Waals surface area (Å²) in [4.78, 5) is 15.0. The van der Waals surface area contributed by atoms with Gasteiger partial charge in [0.25, 0.3) is 0 Å². The van der Waals surface area contributed by atoms with Gasteiger partial charge < -0.3 is 9.26 Å². The number of methoxy groups -OCH3 is 1. The zero-order valence-electron chi connectivity index (χ0n) is 8.01. The number of carbonyl (C=O) groups excluding carboxylic acids is 1. The second-order valence-corrected chi connectivity index (χ2v) is 2.80. The standard InChI is InChI=1S/C10H8N2O3/c1-14-10(13)8-6-9(15-12-8)7-2-4-11-5-3-7/h2-6H,1H3. The van der Waals surface area contributed by atoms with Gasteiger partial charge in [0.15, 0.2) is 11.5 Å². The van der Waals surface area contributed by atoms with E-state index in [9.17, 15) is 4.79 Å². The van der Waals surface area contributed by atoms with Crippen LogP contribution in [-0.4, -0.2) is 23.2 Å². The van der Waals surface area contributed by atoms with Crippen LogP contribution in [0.2, 0.25) is 0 Å². The van der Waals surface area contributed by atoms with Crippen LogP contribution in [0, 0.1) is 0 Å². The van der Waals surface area contributed by atoms with E-state index in [1.165, 1.54) is 13.2 Å². The molecule has 2 aromatic heterocycles. The summed E-state index contributed by atoms with van der Waals surface area (Å²) >= 11 is 0. The predicted molar refractivity (Wildman–Crippen MR) is 51.1 cm³/mol. The summed E-state index contributed by atoms with van der Waals surface area (Å²) < 4.78 is 9.51. The van der Waals surface area contributed by atoms with Gasteiger partial charge >= 0.3 is 5.97 Å². The molecule has 5 heteroatoms. The van der Waals surface area contributed by atoms with Crippen molar-refractivity contribution < 1.29 is 14.1 Å². The van der Waals surface area contributed by atoms with Gasteiger partial charge in [-0.05, 0) is 12.1 Å². The molecule has 76 valence electrons. The maximum atomic E-state index is 11.1. The molecule has 0 fully saturated rings. The fraction of sp³-hybridized carbons (Fsp3) is 0.100. The molecule has 0 aliphatic rings. The molecule has 15 heavy (non-hydrogen) atoms. The second kappa shape index (κ2) is 3.91. The molecular weight excluding hydrogens is 196 g/mol. The molecule has 0 atom stereocenters. The fourth-order valence-corrected chi connectivity index (χ4v) is 1.13. The lowest BCUT2D eigenvalue weighted by atomic mass is 10.2. The first-order valence-corrected chi connectivity index (χ1v) is 4.26. The number of hydrogen-bond donors (Lipinski definition) is 0. The second-order valence-electron chi connectivity index (χ2n) is 2.80. The topological polar surface area (TPSA) is 65.2 Å². The Morgan fingerprint density at radius 1 is 1.40 bits per heavy atom. The Labute approximate surface area is 85.7 Å². The van der Waals surface area contributed by atoms with Crippen molar-refractivity contribution in [1.29, 1.82) is 0 Å². The molecule has 0 spiro atoms. The summed E-state index contributed by atoms with van der Waals surface area (Å²) in [5.41, 5.74) is 0.969. The highest BCUT2D eigenvalue weighted by atomic mass is 16.5. The van der Waals surface area contributed by atoms with Crippen LogP contribution in [-0.2, 0) is 4.74 Å². The van der Waals surface area contributed by atoms with Crippen LogP contribution in [0.1, 0.15) is 10.5 Å². The van der Waals surface area contributed by atoms with Gasteiger partial charge in [-0.25, -0.2) is 4.79 Å². The molecule has 2 rings (SSSR count). The lowest BCUT2D eigenvalue weighted by Crippen LogP contribution is -2.00. The van der Waals surface area contributed by atoms with Gasteiger partial charge in [0.05, 0.1) is 7.11 Å². The fourth-order valence-electron chi connectivity index (χ4n) is 1.13. The quantitative estimate of drug-likeness (QED) is 0.694. The summed E-state index contributed by atoms with van der Waals surface area (Å²) in [6, 6.07) is 5.06. The molecule has 2 heterocycles. The third-order valence-corrected chi connectivity index (χ3v) is 1.87. The average molecular weight is 204 g/mol. The maximum absolute atomic E-state index is 11.1. The first kappa shape index (κ1) is 9.39. The smallest absolute Gasteiger partial charge is 0.360 e. The average Bonchev–Trinajstić information content (AvgIpc) is 2.78. The minimum absolute atomic E-state index is 0.157. The number of pyridine rings is 1. The van der Waals surface area contributed by atoms with Crippen molar-refractivity contribution in [3.05, 3.63) is 36.3 Å². The highest BCUT2D eigenvalue weighted by molar-refractivity contribution is 5.88. The molecule has 0 saturated heterocycles. The van der Waals surface area contributed by atoms with Crippen molar-refractivity contribution in [2.75, 3.05) is 7.11 Å². The SMILES string of the molecule is COC(=O)c1cc(-c2ccncc2)on1. The van der Waals surface area contributed by atoms with E-state index in [1.807, 2.05) is 0 Å². The number of ether oxygens (including phenoxy) is 1. The zero-order chi connectivity index (χ0) is 10.7. The van der Waals surface area contributed by atoms with Crippen LogP contribution < -0.4 is 0 Å². The van der Waals surface area contributed by atoms with Crippen molar-refractivity contribution in [1.82, 2.24) is 10.1 Å². The Morgan fingerprint density at radius 3 is 2.80 bits per heavy atom. The molecule has 0 aliphatic heterocycles. The van der Waals surface area contributed by atoms with Crippen LogP contribution in [0.4, 0.5) is 0 Å². The van der Waals surface area contributed by atoms with Crippen molar-refractivity contribution in [2.45, 2.75) is 0 Å². The minimum atomic E-state index is -0.515. The van der Waals surface area contributed by atoms with Crippen LogP contribution >= 0.6 is 0 Å². The van der Waals surface area contributed by atoms with E-state index in [0.717, 1.165) is 5.56 Å². The van der Waals surface area contributed by atoms with E-state index in [2.05, 4.69) is 14.9 Å².